The molecule has 0 heterocycles. The van der Waals surface area contributed by atoms with Crippen LogP contribution in [-0.2, 0) is 20.9 Å². The molecule has 6 heteroatoms. The second-order valence-electron chi connectivity index (χ2n) is 6.47. The molecule has 0 saturated carbocycles. The third-order valence-corrected chi connectivity index (χ3v) is 4.11. The van der Waals surface area contributed by atoms with Crippen molar-refractivity contribution in [2.24, 2.45) is 0 Å². The summed E-state index contributed by atoms with van der Waals surface area (Å²) in [5.41, 5.74) is 2.27. The molecular formula is C21H24ClNO4. The fraction of sp³-hybridized carbons (Fsp3) is 0.333. The number of amides is 1. The molecule has 2 aromatic carbocycles. The molecule has 5 nitrogen and oxygen atoms in total. The van der Waals surface area contributed by atoms with Gasteiger partial charge < -0.3 is 14.8 Å². The van der Waals surface area contributed by atoms with E-state index < -0.39 is 5.97 Å². The van der Waals surface area contributed by atoms with Gasteiger partial charge in [-0.25, -0.2) is 4.79 Å². The van der Waals surface area contributed by atoms with Crippen LogP contribution in [0.2, 0.25) is 5.02 Å². The second kappa shape index (κ2) is 10.1. The summed E-state index contributed by atoms with van der Waals surface area (Å²) in [5.74, 6) is -0.909. The second-order valence-corrected chi connectivity index (χ2v) is 6.91. The highest BCUT2D eigenvalue weighted by atomic mass is 35.5. The number of carbonyl (C=O) groups is 2. The smallest absolute Gasteiger partial charge is 0.338 e. The maximum atomic E-state index is 12.1. The molecule has 0 aromatic heterocycles. The van der Waals surface area contributed by atoms with E-state index in [4.69, 9.17) is 21.1 Å². The standard InChI is InChI=1S/C21H24ClNO4/c1-14(2)26-12-16-4-6-18(7-5-16)21(25)27-13-20(24)23-15(3)17-8-10-19(22)11-9-17/h4-11,14-15H,12-13H2,1-3H3,(H,23,24)/t15-/m0/s1. The Kier molecular flexibility index (Phi) is 7.82. The number of ether oxygens (including phenoxy) is 2. The first-order valence-corrected chi connectivity index (χ1v) is 9.15. The first-order chi connectivity index (χ1) is 12.8. The van der Waals surface area contributed by atoms with Crippen molar-refractivity contribution in [2.75, 3.05) is 6.61 Å². The van der Waals surface area contributed by atoms with Gasteiger partial charge in [-0.1, -0.05) is 35.9 Å². The van der Waals surface area contributed by atoms with Gasteiger partial charge in [0.05, 0.1) is 24.3 Å². The molecule has 0 aliphatic rings. The topological polar surface area (TPSA) is 64.6 Å². The lowest BCUT2D eigenvalue weighted by Crippen LogP contribution is -2.31. The highest BCUT2D eigenvalue weighted by Gasteiger charge is 2.13. The van der Waals surface area contributed by atoms with E-state index in [2.05, 4.69) is 5.32 Å². The van der Waals surface area contributed by atoms with Gasteiger partial charge >= 0.3 is 5.97 Å². The molecule has 0 aliphatic carbocycles. The van der Waals surface area contributed by atoms with E-state index >= 15 is 0 Å². The van der Waals surface area contributed by atoms with Crippen LogP contribution >= 0.6 is 11.6 Å². The molecule has 27 heavy (non-hydrogen) atoms. The average molecular weight is 390 g/mol. The lowest BCUT2D eigenvalue weighted by molar-refractivity contribution is -0.124. The summed E-state index contributed by atoms with van der Waals surface area (Å²) >= 11 is 5.85. The maximum Gasteiger partial charge on any atom is 0.338 e. The van der Waals surface area contributed by atoms with Crippen molar-refractivity contribution >= 4 is 23.5 Å². The predicted molar refractivity (Wildman–Crippen MR) is 105 cm³/mol. The van der Waals surface area contributed by atoms with Crippen LogP contribution in [0.1, 0.15) is 48.3 Å². The largest absolute Gasteiger partial charge is 0.452 e. The third-order valence-electron chi connectivity index (χ3n) is 3.85. The highest BCUT2D eigenvalue weighted by Crippen LogP contribution is 2.16. The number of esters is 1. The SMILES string of the molecule is CC(C)OCc1ccc(C(=O)OCC(=O)N[C@@H](C)c2ccc(Cl)cc2)cc1. The van der Waals surface area contributed by atoms with Crippen molar-refractivity contribution in [3.8, 4) is 0 Å². The summed E-state index contributed by atoms with van der Waals surface area (Å²) in [6.45, 7) is 5.92. The van der Waals surface area contributed by atoms with Gasteiger partial charge in [0.1, 0.15) is 0 Å². The van der Waals surface area contributed by atoms with E-state index in [9.17, 15) is 9.59 Å². The van der Waals surface area contributed by atoms with Crippen molar-refractivity contribution in [3.05, 3.63) is 70.2 Å². The van der Waals surface area contributed by atoms with E-state index in [0.29, 0.717) is 17.2 Å². The normalized spacial score (nSPS) is 11.9. The van der Waals surface area contributed by atoms with Gasteiger partial charge in [-0.15, -0.1) is 0 Å². The number of carbonyl (C=O) groups excluding carboxylic acids is 2. The van der Waals surface area contributed by atoms with Crippen LogP contribution in [-0.4, -0.2) is 24.6 Å². The van der Waals surface area contributed by atoms with Crippen LogP contribution in [0.15, 0.2) is 48.5 Å². The summed E-state index contributed by atoms with van der Waals surface area (Å²) in [6, 6.07) is 13.9. The first-order valence-electron chi connectivity index (χ1n) is 8.77. The van der Waals surface area contributed by atoms with Crippen molar-refractivity contribution in [1.29, 1.82) is 0 Å². The minimum Gasteiger partial charge on any atom is -0.452 e. The van der Waals surface area contributed by atoms with Crippen LogP contribution in [0.25, 0.3) is 0 Å². The molecule has 144 valence electrons. The minimum atomic E-state index is -0.541. The Bertz CT molecular complexity index is 757. The molecule has 1 N–H and O–H groups in total. The molecule has 2 rings (SSSR count). The molecular weight excluding hydrogens is 366 g/mol. The summed E-state index contributed by atoms with van der Waals surface area (Å²) in [4.78, 5) is 24.1. The number of nitrogens with one attached hydrogen (secondary N) is 1. The van der Waals surface area contributed by atoms with Gasteiger partial charge in [-0.2, -0.15) is 0 Å². The number of hydrogen-bond donors (Lipinski definition) is 1. The van der Waals surface area contributed by atoms with E-state index in [1.807, 2.05) is 45.0 Å². The van der Waals surface area contributed by atoms with Crippen LogP contribution in [0.3, 0.4) is 0 Å². The fourth-order valence-electron chi connectivity index (χ4n) is 2.33. The van der Waals surface area contributed by atoms with Crippen LogP contribution in [0.5, 0.6) is 0 Å². The minimum absolute atomic E-state index is 0.142. The van der Waals surface area contributed by atoms with Crippen LogP contribution in [0.4, 0.5) is 0 Å². The Morgan fingerprint density at radius 2 is 1.63 bits per heavy atom. The Balaban J connectivity index is 1.80. The highest BCUT2D eigenvalue weighted by molar-refractivity contribution is 6.30. The molecule has 0 spiro atoms. The summed E-state index contributed by atoms with van der Waals surface area (Å²) in [7, 11) is 0. The average Bonchev–Trinajstić information content (AvgIpc) is 2.65. The monoisotopic (exact) mass is 389 g/mol. The third kappa shape index (κ3) is 7.04. The zero-order valence-corrected chi connectivity index (χ0v) is 16.5. The number of halogens is 1. The van der Waals surface area contributed by atoms with Gasteiger partial charge in [0.2, 0.25) is 0 Å². The number of rotatable bonds is 8. The Morgan fingerprint density at radius 1 is 1.00 bits per heavy atom. The van der Waals surface area contributed by atoms with Crippen molar-refractivity contribution in [2.45, 2.75) is 39.5 Å². The van der Waals surface area contributed by atoms with E-state index in [1.54, 1.807) is 24.3 Å². The van der Waals surface area contributed by atoms with E-state index in [0.717, 1.165) is 11.1 Å². The van der Waals surface area contributed by atoms with Crippen molar-refractivity contribution in [3.63, 3.8) is 0 Å². The molecule has 0 fully saturated rings. The van der Waals surface area contributed by atoms with Gasteiger partial charge in [0.15, 0.2) is 6.61 Å². The zero-order chi connectivity index (χ0) is 19.8. The molecule has 0 radical (unpaired) electrons. The maximum absolute atomic E-state index is 12.1. The summed E-state index contributed by atoms with van der Waals surface area (Å²) in [5, 5.41) is 3.42. The van der Waals surface area contributed by atoms with E-state index in [-0.39, 0.29) is 24.7 Å². The Morgan fingerprint density at radius 3 is 2.22 bits per heavy atom. The quantitative estimate of drug-likeness (QED) is 0.683. The summed E-state index contributed by atoms with van der Waals surface area (Å²) in [6.07, 6.45) is 0.142. The lowest BCUT2D eigenvalue weighted by Gasteiger charge is -2.14. The molecule has 0 unspecified atom stereocenters. The number of benzene rings is 2. The molecule has 1 atom stereocenters. The number of hydrogen-bond acceptors (Lipinski definition) is 4. The molecule has 0 bridgehead atoms. The van der Waals surface area contributed by atoms with Gasteiger partial charge in [-0.05, 0) is 56.2 Å². The predicted octanol–water partition coefficient (Wildman–Crippen LogP) is 4.30. The lowest BCUT2D eigenvalue weighted by atomic mass is 10.1. The first kappa shape index (κ1) is 20.9. The Labute approximate surface area is 164 Å². The van der Waals surface area contributed by atoms with Crippen LogP contribution < -0.4 is 5.32 Å². The molecule has 2 aromatic rings. The molecule has 0 aliphatic heterocycles. The van der Waals surface area contributed by atoms with Crippen LogP contribution in [0, 0.1) is 0 Å². The van der Waals surface area contributed by atoms with Gasteiger partial charge in [0.25, 0.3) is 5.91 Å². The van der Waals surface area contributed by atoms with Gasteiger partial charge in [-0.3, -0.25) is 4.79 Å². The zero-order valence-electron chi connectivity index (χ0n) is 15.7. The van der Waals surface area contributed by atoms with E-state index in [1.165, 1.54) is 0 Å². The molecule has 1 amide bonds. The summed E-state index contributed by atoms with van der Waals surface area (Å²) < 4.78 is 10.6. The van der Waals surface area contributed by atoms with Gasteiger partial charge in [0, 0.05) is 5.02 Å². The van der Waals surface area contributed by atoms with Crippen molar-refractivity contribution < 1.29 is 19.1 Å². The fourth-order valence-corrected chi connectivity index (χ4v) is 2.46. The molecule has 0 saturated heterocycles. The van der Waals surface area contributed by atoms with Crippen molar-refractivity contribution in [1.82, 2.24) is 5.32 Å². The Hall–Kier alpha value is -2.37.